The zero-order valence-electron chi connectivity index (χ0n) is 11.4. The molecule has 0 radical (unpaired) electrons. The number of nitrogens with one attached hydrogen (secondary N) is 1. The molecule has 2 atom stereocenters. The quantitative estimate of drug-likeness (QED) is 0.823. The molecule has 1 aromatic carbocycles. The molecule has 0 spiro atoms. The third kappa shape index (κ3) is 3.37. The van der Waals surface area contributed by atoms with Gasteiger partial charge in [-0.05, 0) is 30.9 Å². The molecular formula is C15H18BrF2NO. The Labute approximate surface area is 126 Å². The first-order chi connectivity index (χ1) is 9.46. The van der Waals surface area contributed by atoms with E-state index in [0.717, 1.165) is 37.8 Å². The van der Waals surface area contributed by atoms with Gasteiger partial charge in [-0.2, -0.15) is 0 Å². The number of hydrogen-bond acceptors (Lipinski definition) is 1. The Morgan fingerprint density at radius 2 is 2.25 bits per heavy atom. The summed E-state index contributed by atoms with van der Waals surface area (Å²) < 4.78 is 26.5. The van der Waals surface area contributed by atoms with Crippen molar-refractivity contribution in [2.24, 2.45) is 5.92 Å². The molecule has 0 aromatic heterocycles. The van der Waals surface area contributed by atoms with E-state index in [4.69, 9.17) is 0 Å². The fourth-order valence-corrected chi connectivity index (χ4v) is 3.56. The van der Waals surface area contributed by atoms with Gasteiger partial charge in [0.25, 0.3) is 5.91 Å². The molecule has 2 rings (SSSR count). The summed E-state index contributed by atoms with van der Waals surface area (Å²) in [7, 11) is 0. The van der Waals surface area contributed by atoms with Gasteiger partial charge in [-0.25, -0.2) is 8.78 Å². The second kappa shape index (κ2) is 6.20. The van der Waals surface area contributed by atoms with Crippen LogP contribution in [0.3, 0.4) is 0 Å². The normalized spacial score (nSPS) is 26.3. The van der Waals surface area contributed by atoms with Crippen molar-refractivity contribution in [1.29, 1.82) is 0 Å². The minimum Gasteiger partial charge on any atom is -0.346 e. The fraction of sp³-hybridized carbons (Fsp3) is 0.533. The minimum atomic E-state index is -0.823. The first kappa shape index (κ1) is 15.4. The van der Waals surface area contributed by atoms with Crippen LogP contribution in [0.2, 0.25) is 0 Å². The predicted molar refractivity (Wildman–Crippen MR) is 78.0 cm³/mol. The number of halogens is 3. The van der Waals surface area contributed by atoms with E-state index in [1.807, 2.05) is 0 Å². The third-order valence-electron chi connectivity index (χ3n) is 3.90. The lowest BCUT2D eigenvalue weighted by Gasteiger charge is -2.39. The lowest BCUT2D eigenvalue weighted by Crippen LogP contribution is -2.52. The van der Waals surface area contributed by atoms with Gasteiger partial charge in [-0.3, -0.25) is 4.79 Å². The number of carbonyl (C=O) groups is 1. The van der Waals surface area contributed by atoms with Gasteiger partial charge in [0, 0.05) is 11.4 Å². The van der Waals surface area contributed by atoms with Crippen molar-refractivity contribution in [2.75, 3.05) is 5.33 Å². The Bertz CT molecular complexity index is 509. The van der Waals surface area contributed by atoms with E-state index in [2.05, 4.69) is 28.2 Å². The van der Waals surface area contributed by atoms with Crippen molar-refractivity contribution in [3.8, 4) is 0 Å². The van der Waals surface area contributed by atoms with Gasteiger partial charge in [0.1, 0.15) is 11.6 Å². The first-order valence-corrected chi connectivity index (χ1v) is 7.91. The summed E-state index contributed by atoms with van der Waals surface area (Å²) in [6.07, 6.45) is 3.93. The van der Waals surface area contributed by atoms with Crippen molar-refractivity contribution in [3.05, 3.63) is 35.4 Å². The second-order valence-electron chi connectivity index (χ2n) is 5.69. The zero-order chi connectivity index (χ0) is 14.8. The van der Waals surface area contributed by atoms with Crippen molar-refractivity contribution in [1.82, 2.24) is 5.32 Å². The maximum Gasteiger partial charge on any atom is 0.254 e. The highest BCUT2D eigenvalue weighted by Crippen LogP contribution is 2.34. The van der Waals surface area contributed by atoms with Crippen LogP contribution in [0.4, 0.5) is 8.78 Å². The Morgan fingerprint density at radius 3 is 2.85 bits per heavy atom. The molecule has 1 saturated carbocycles. The van der Waals surface area contributed by atoms with Crippen LogP contribution in [-0.4, -0.2) is 16.8 Å². The molecule has 110 valence electrons. The highest BCUT2D eigenvalue weighted by atomic mass is 79.9. The van der Waals surface area contributed by atoms with Crippen LogP contribution in [0.5, 0.6) is 0 Å². The standard InChI is InChI=1S/C15H18BrF2NO/c1-10-3-2-6-15(8-10,9-16)19-14(20)12-5-4-11(17)7-13(12)18/h4-5,7,10H,2-3,6,8-9H2,1H3,(H,19,20). The van der Waals surface area contributed by atoms with E-state index in [1.54, 1.807) is 0 Å². The van der Waals surface area contributed by atoms with E-state index in [1.165, 1.54) is 6.07 Å². The molecule has 1 aliphatic carbocycles. The van der Waals surface area contributed by atoms with Crippen LogP contribution in [0.1, 0.15) is 43.0 Å². The molecule has 1 aliphatic rings. The van der Waals surface area contributed by atoms with Crippen LogP contribution in [-0.2, 0) is 0 Å². The summed E-state index contributed by atoms with van der Waals surface area (Å²) in [4.78, 5) is 12.2. The topological polar surface area (TPSA) is 29.1 Å². The summed E-state index contributed by atoms with van der Waals surface area (Å²) in [5.41, 5.74) is -0.444. The van der Waals surface area contributed by atoms with Gasteiger partial charge < -0.3 is 5.32 Å². The molecule has 0 heterocycles. The van der Waals surface area contributed by atoms with Crippen LogP contribution in [0.25, 0.3) is 0 Å². The lowest BCUT2D eigenvalue weighted by molar-refractivity contribution is 0.0865. The molecule has 2 unspecified atom stereocenters. The summed E-state index contributed by atoms with van der Waals surface area (Å²) in [5.74, 6) is -1.45. The van der Waals surface area contributed by atoms with E-state index in [-0.39, 0.29) is 11.1 Å². The van der Waals surface area contributed by atoms with Crippen molar-refractivity contribution < 1.29 is 13.6 Å². The molecule has 0 saturated heterocycles. The molecule has 2 nitrogen and oxygen atoms in total. The molecule has 20 heavy (non-hydrogen) atoms. The predicted octanol–water partition coefficient (Wildman–Crippen LogP) is 4.04. The summed E-state index contributed by atoms with van der Waals surface area (Å²) in [6, 6.07) is 3.02. The van der Waals surface area contributed by atoms with Crippen LogP contribution < -0.4 is 5.32 Å². The smallest absolute Gasteiger partial charge is 0.254 e. The summed E-state index contributed by atoms with van der Waals surface area (Å²) in [5, 5.41) is 3.58. The van der Waals surface area contributed by atoms with Gasteiger partial charge in [0.2, 0.25) is 0 Å². The maximum atomic E-state index is 13.6. The molecule has 0 bridgehead atoms. The second-order valence-corrected chi connectivity index (χ2v) is 6.25. The van der Waals surface area contributed by atoms with Gasteiger partial charge in [0.15, 0.2) is 0 Å². The molecule has 0 aliphatic heterocycles. The Morgan fingerprint density at radius 1 is 1.50 bits per heavy atom. The first-order valence-electron chi connectivity index (χ1n) is 6.79. The molecule has 1 aromatic rings. The highest BCUT2D eigenvalue weighted by molar-refractivity contribution is 9.09. The summed E-state index contributed by atoms with van der Waals surface area (Å²) in [6.45, 7) is 2.15. The summed E-state index contributed by atoms with van der Waals surface area (Å²) >= 11 is 3.46. The van der Waals surface area contributed by atoms with Crippen LogP contribution in [0, 0.1) is 17.6 Å². The number of amides is 1. The zero-order valence-corrected chi connectivity index (χ0v) is 13.0. The van der Waals surface area contributed by atoms with Crippen molar-refractivity contribution >= 4 is 21.8 Å². The average Bonchev–Trinajstić information content (AvgIpc) is 2.38. The SMILES string of the molecule is CC1CCCC(CBr)(NC(=O)c2ccc(F)cc2F)C1. The Kier molecular flexibility index (Phi) is 4.78. The van der Waals surface area contributed by atoms with E-state index >= 15 is 0 Å². The van der Waals surface area contributed by atoms with Gasteiger partial charge in [0.05, 0.1) is 11.1 Å². The number of alkyl halides is 1. The highest BCUT2D eigenvalue weighted by Gasteiger charge is 2.35. The van der Waals surface area contributed by atoms with Gasteiger partial charge in [-0.15, -0.1) is 0 Å². The number of carbonyl (C=O) groups excluding carboxylic acids is 1. The monoisotopic (exact) mass is 345 g/mol. The minimum absolute atomic E-state index is 0.107. The molecule has 1 fully saturated rings. The molecule has 1 amide bonds. The van der Waals surface area contributed by atoms with Crippen LogP contribution >= 0.6 is 15.9 Å². The number of benzene rings is 1. The molecular weight excluding hydrogens is 328 g/mol. The Hall–Kier alpha value is -0.970. The molecule has 1 N–H and O–H groups in total. The van der Waals surface area contributed by atoms with Crippen LogP contribution in [0.15, 0.2) is 18.2 Å². The van der Waals surface area contributed by atoms with E-state index < -0.39 is 17.5 Å². The van der Waals surface area contributed by atoms with Crippen molar-refractivity contribution in [3.63, 3.8) is 0 Å². The van der Waals surface area contributed by atoms with Crippen molar-refractivity contribution in [2.45, 2.75) is 38.1 Å². The van der Waals surface area contributed by atoms with E-state index in [0.29, 0.717) is 11.2 Å². The largest absolute Gasteiger partial charge is 0.346 e. The Balaban J connectivity index is 2.16. The molecule has 5 heteroatoms. The van der Waals surface area contributed by atoms with Gasteiger partial charge in [-0.1, -0.05) is 35.7 Å². The fourth-order valence-electron chi connectivity index (χ4n) is 2.91. The van der Waals surface area contributed by atoms with E-state index in [9.17, 15) is 13.6 Å². The lowest BCUT2D eigenvalue weighted by atomic mass is 9.77. The number of rotatable bonds is 3. The van der Waals surface area contributed by atoms with Gasteiger partial charge >= 0.3 is 0 Å². The third-order valence-corrected chi connectivity index (χ3v) is 4.98. The number of hydrogen-bond donors (Lipinski definition) is 1. The average molecular weight is 346 g/mol. The maximum absolute atomic E-state index is 13.6.